The van der Waals surface area contributed by atoms with Gasteiger partial charge >= 0.3 is 5.97 Å². The van der Waals surface area contributed by atoms with Crippen molar-refractivity contribution in [2.75, 3.05) is 7.05 Å². The first kappa shape index (κ1) is 17.3. The molecule has 0 amide bonds. The number of likely N-dealkylation sites (N-methyl/N-ethyl adjacent to an activating group) is 1. The highest BCUT2D eigenvalue weighted by Crippen LogP contribution is 2.20. The molecule has 106 valence electrons. The Kier molecular flexibility index (Phi) is 7.03. The number of para-hydroxylation sites is 1. The molecule has 0 saturated heterocycles. The zero-order valence-corrected chi connectivity index (χ0v) is 11.6. The third-order valence-electron chi connectivity index (χ3n) is 2.81. The summed E-state index contributed by atoms with van der Waals surface area (Å²) in [6, 6.07) is 5.73. The molecule has 0 aliphatic heterocycles. The van der Waals surface area contributed by atoms with E-state index in [0.717, 1.165) is 0 Å². The Bertz CT molecular complexity index is 453. The van der Waals surface area contributed by atoms with Gasteiger partial charge in [0.05, 0.1) is 4.92 Å². The van der Waals surface area contributed by atoms with E-state index in [1.165, 1.54) is 6.07 Å². The second kappa shape index (κ2) is 7.70. The lowest BCUT2D eigenvalue weighted by Gasteiger charge is -2.23. The molecule has 0 radical (unpaired) electrons. The topological polar surface area (TPSA) is 83.7 Å². The summed E-state index contributed by atoms with van der Waals surface area (Å²) < 4.78 is 0. The number of aliphatic carboxylic acids is 1. The third kappa shape index (κ3) is 4.50. The predicted octanol–water partition coefficient (Wildman–Crippen LogP) is 2.31. The first-order valence-corrected chi connectivity index (χ1v) is 5.62. The van der Waals surface area contributed by atoms with Crippen LogP contribution in [0.2, 0.25) is 0 Å². The van der Waals surface area contributed by atoms with Crippen LogP contribution in [0.1, 0.15) is 18.9 Å². The van der Waals surface area contributed by atoms with Gasteiger partial charge in [-0.3, -0.25) is 19.8 Å². The minimum absolute atomic E-state index is 0. The van der Waals surface area contributed by atoms with Gasteiger partial charge in [-0.2, -0.15) is 0 Å². The van der Waals surface area contributed by atoms with Crippen molar-refractivity contribution in [2.45, 2.75) is 25.9 Å². The fraction of sp³-hybridized carbons (Fsp3) is 0.417. The van der Waals surface area contributed by atoms with E-state index in [1.807, 2.05) is 0 Å². The number of nitro groups is 1. The largest absolute Gasteiger partial charge is 0.480 e. The van der Waals surface area contributed by atoms with E-state index in [9.17, 15) is 14.9 Å². The van der Waals surface area contributed by atoms with Gasteiger partial charge < -0.3 is 5.11 Å². The van der Waals surface area contributed by atoms with Crippen molar-refractivity contribution in [3.05, 3.63) is 39.9 Å². The Morgan fingerprint density at radius 3 is 2.53 bits per heavy atom. The highest BCUT2D eigenvalue weighted by molar-refractivity contribution is 5.85. The summed E-state index contributed by atoms with van der Waals surface area (Å²) in [7, 11) is 1.65. The first-order chi connectivity index (χ1) is 8.47. The summed E-state index contributed by atoms with van der Waals surface area (Å²) in [5, 5.41) is 19.9. The van der Waals surface area contributed by atoms with E-state index in [4.69, 9.17) is 5.11 Å². The van der Waals surface area contributed by atoms with E-state index < -0.39 is 16.9 Å². The molecule has 0 aliphatic carbocycles. The molecule has 1 aromatic rings. The number of nitro benzene ring substituents is 1. The van der Waals surface area contributed by atoms with E-state index >= 15 is 0 Å². The van der Waals surface area contributed by atoms with Gasteiger partial charge in [0.2, 0.25) is 0 Å². The molecular formula is C12H17ClN2O4. The van der Waals surface area contributed by atoms with Gasteiger partial charge in [0.1, 0.15) is 6.04 Å². The highest BCUT2D eigenvalue weighted by Gasteiger charge is 2.22. The molecule has 0 fully saturated rings. The van der Waals surface area contributed by atoms with Crippen molar-refractivity contribution in [1.82, 2.24) is 4.90 Å². The number of hydrogen-bond donors (Lipinski definition) is 1. The van der Waals surface area contributed by atoms with Gasteiger partial charge in [-0.1, -0.05) is 25.1 Å². The average molecular weight is 289 g/mol. The lowest BCUT2D eigenvalue weighted by atomic mass is 10.1. The van der Waals surface area contributed by atoms with E-state index in [1.54, 1.807) is 37.1 Å². The zero-order valence-electron chi connectivity index (χ0n) is 10.8. The van der Waals surface area contributed by atoms with Crippen LogP contribution in [0, 0.1) is 10.1 Å². The molecule has 0 aliphatic rings. The van der Waals surface area contributed by atoms with Gasteiger partial charge in [-0.25, -0.2) is 0 Å². The van der Waals surface area contributed by atoms with Gasteiger partial charge in [0, 0.05) is 18.2 Å². The predicted molar refractivity (Wildman–Crippen MR) is 73.5 cm³/mol. The molecule has 1 atom stereocenters. The molecule has 1 rings (SSSR count). The second-order valence-corrected chi connectivity index (χ2v) is 4.06. The van der Waals surface area contributed by atoms with Crippen molar-refractivity contribution in [3.8, 4) is 0 Å². The van der Waals surface area contributed by atoms with Crippen molar-refractivity contribution in [1.29, 1.82) is 0 Å². The lowest BCUT2D eigenvalue weighted by Crippen LogP contribution is -2.37. The Labute approximate surface area is 117 Å². The summed E-state index contributed by atoms with van der Waals surface area (Å²) in [4.78, 5) is 23.0. The molecule has 1 aromatic carbocycles. The number of hydrogen-bond acceptors (Lipinski definition) is 4. The maximum atomic E-state index is 11.0. The summed E-state index contributed by atoms with van der Waals surface area (Å²) in [6.45, 7) is 2.01. The molecule has 0 aromatic heterocycles. The quantitative estimate of drug-likeness (QED) is 0.641. The van der Waals surface area contributed by atoms with Crippen LogP contribution < -0.4 is 0 Å². The van der Waals surface area contributed by atoms with Crippen LogP contribution in [0.15, 0.2) is 24.3 Å². The average Bonchev–Trinajstić information content (AvgIpc) is 2.29. The van der Waals surface area contributed by atoms with Gasteiger partial charge in [-0.15, -0.1) is 12.4 Å². The maximum Gasteiger partial charge on any atom is 0.320 e. The van der Waals surface area contributed by atoms with Gasteiger partial charge in [-0.05, 0) is 13.5 Å². The van der Waals surface area contributed by atoms with Crippen LogP contribution in [0.25, 0.3) is 0 Å². The Morgan fingerprint density at radius 1 is 1.47 bits per heavy atom. The monoisotopic (exact) mass is 288 g/mol. The lowest BCUT2D eigenvalue weighted by molar-refractivity contribution is -0.385. The second-order valence-electron chi connectivity index (χ2n) is 4.06. The molecule has 1 N–H and O–H groups in total. The van der Waals surface area contributed by atoms with E-state index in [0.29, 0.717) is 12.0 Å². The van der Waals surface area contributed by atoms with Crippen LogP contribution in [-0.2, 0) is 11.3 Å². The molecule has 19 heavy (non-hydrogen) atoms. The summed E-state index contributed by atoms with van der Waals surface area (Å²) >= 11 is 0. The minimum atomic E-state index is -0.918. The number of halogens is 1. The van der Waals surface area contributed by atoms with Crippen LogP contribution in [0.3, 0.4) is 0 Å². The van der Waals surface area contributed by atoms with Gasteiger partial charge in [0.25, 0.3) is 5.69 Å². The van der Waals surface area contributed by atoms with Crippen molar-refractivity contribution in [3.63, 3.8) is 0 Å². The van der Waals surface area contributed by atoms with Crippen molar-refractivity contribution in [2.24, 2.45) is 0 Å². The van der Waals surface area contributed by atoms with Crippen molar-refractivity contribution < 1.29 is 14.8 Å². The summed E-state index contributed by atoms with van der Waals surface area (Å²) in [5.74, 6) is -0.918. The molecule has 0 heterocycles. The van der Waals surface area contributed by atoms with Crippen LogP contribution in [-0.4, -0.2) is 34.0 Å². The third-order valence-corrected chi connectivity index (χ3v) is 2.81. The number of carboxylic acids is 1. The van der Waals surface area contributed by atoms with Crippen LogP contribution in [0.4, 0.5) is 5.69 Å². The molecule has 6 nitrogen and oxygen atoms in total. The first-order valence-electron chi connectivity index (χ1n) is 5.62. The molecule has 0 spiro atoms. The molecule has 1 unspecified atom stereocenters. The number of nitrogens with zero attached hydrogens (tertiary/aromatic N) is 2. The number of benzene rings is 1. The smallest absolute Gasteiger partial charge is 0.320 e. The molecule has 0 saturated carbocycles. The highest BCUT2D eigenvalue weighted by atomic mass is 35.5. The minimum Gasteiger partial charge on any atom is -0.480 e. The maximum absolute atomic E-state index is 11.0. The summed E-state index contributed by atoms with van der Waals surface area (Å²) in [6.07, 6.45) is 0.451. The Morgan fingerprint density at radius 2 is 2.05 bits per heavy atom. The van der Waals surface area contributed by atoms with Gasteiger partial charge in [0.15, 0.2) is 0 Å². The fourth-order valence-corrected chi connectivity index (χ4v) is 1.88. The van der Waals surface area contributed by atoms with Crippen molar-refractivity contribution >= 4 is 24.1 Å². The van der Waals surface area contributed by atoms with Crippen LogP contribution >= 0.6 is 12.4 Å². The zero-order chi connectivity index (χ0) is 13.7. The Balaban J connectivity index is 0.00000324. The number of carbonyl (C=O) groups is 1. The Hall–Kier alpha value is -1.66. The molecule has 7 heteroatoms. The van der Waals surface area contributed by atoms with E-state index in [2.05, 4.69) is 0 Å². The number of rotatable bonds is 6. The SMILES string of the molecule is CCC(C(=O)O)N(C)Cc1ccccc1[N+](=O)[O-].Cl. The molecular weight excluding hydrogens is 272 g/mol. The standard InChI is InChI=1S/C12H16N2O4.ClH/c1-3-10(12(15)16)13(2)8-9-6-4-5-7-11(9)14(17)18;/h4-7,10H,3,8H2,1-2H3,(H,15,16);1H. The molecule has 0 bridgehead atoms. The van der Waals surface area contributed by atoms with Crippen LogP contribution in [0.5, 0.6) is 0 Å². The number of carboxylic acid groups (broad SMARTS) is 1. The fourth-order valence-electron chi connectivity index (χ4n) is 1.88. The summed E-state index contributed by atoms with van der Waals surface area (Å²) in [5.41, 5.74) is 0.536. The van der Waals surface area contributed by atoms with E-state index in [-0.39, 0.29) is 24.6 Å². The normalized spacial score (nSPS) is 11.7.